The Morgan fingerprint density at radius 1 is 1.15 bits per heavy atom. The van der Waals surface area contributed by atoms with E-state index in [-0.39, 0.29) is 42.1 Å². The second-order valence-electron chi connectivity index (χ2n) is 11.4. The molecule has 2 aromatic carbocycles. The SMILES string of the molecule is C[C@@H]1CN(c2cccc(-c3csc(NC(=O)CNC(=O)c4ccc5c(c4)[C@]4(CCC[C@H]4O)CC5)n3)c2)C[C@H](C)O1. The van der Waals surface area contributed by atoms with Crippen molar-refractivity contribution >= 4 is 34.0 Å². The molecule has 0 unspecified atom stereocenters. The normalized spacial score (nSPS) is 25.7. The fourth-order valence-electron chi connectivity index (χ4n) is 6.69. The van der Waals surface area contributed by atoms with Gasteiger partial charge in [-0.15, -0.1) is 11.3 Å². The van der Waals surface area contributed by atoms with Gasteiger partial charge in [-0.1, -0.05) is 18.2 Å². The van der Waals surface area contributed by atoms with E-state index in [1.807, 2.05) is 35.7 Å². The van der Waals surface area contributed by atoms with Gasteiger partial charge in [-0.2, -0.15) is 0 Å². The molecule has 2 fully saturated rings. The van der Waals surface area contributed by atoms with E-state index in [1.54, 1.807) is 0 Å². The monoisotopic (exact) mass is 560 g/mol. The molecular formula is C31H36N4O4S. The molecule has 4 atom stereocenters. The molecule has 40 heavy (non-hydrogen) atoms. The van der Waals surface area contributed by atoms with E-state index in [9.17, 15) is 14.7 Å². The molecule has 1 aliphatic heterocycles. The first-order valence-corrected chi connectivity index (χ1v) is 15.0. The number of carbonyl (C=O) groups is 2. The lowest BCUT2D eigenvalue weighted by Gasteiger charge is -2.37. The molecule has 1 spiro atoms. The first-order valence-electron chi connectivity index (χ1n) is 14.2. The molecule has 0 radical (unpaired) electrons. The van der Waals surface area contributed by atoms with Crippen LogP contribution in [0.2, 0.25) is 0 Å². The Labute approximate surface area is 238 Å². The molecule has 8 nitrogen and oxygen atoms in total. The lowest BCUT2D eigenvalue weighted by atomic mass is 9.78. The van der Waals surface area contributed by atoms with Crippen molar-refractivity contribution < 1.29 is 19.4 Å². The number of aliphatic hydroxyl groups excluding tert-OH is 1. The van der Waals surface area contributed by atoms with Crippen LogP contribution in [-0.4, -0.2) is 59.9 Å². The minimum atomic E-state index is -0.352. The van der Waals surface area contributed by atoms with E-state index in [2.05, 4.69) is 46.5 Å². The van der Waals surface area contributed by atoms with Gasteiger partial charge in [0.05, 0.1) is 30.6 Å². The molecule has 1 aromatic heterocycles. The fourth-order valence-corrected chi connectivity index (χ4v) is 7.43. The number of hydrogen-bond acceptors (Lipinski definition) is 7. The van der Waals surface area contributed by atoms with Crippen molar-refractivity contribution in [3.8, 4) is 11.3 Å². The van der Waals surface area contributed by atoms with Crippen LogP contribution in [0, 0.1) is 0 Å². The highest BCUT2D eigenvalue weighted by molar-refractivity contribution is 7.14. The molecule has 210 valence electrons. The highest BCUT2D eigenvalue weighted by Gasteiger charge is 2.47. The number of amides is 2. The molecule has 3 aromatic rings. The average molecular weight is 561 g/mol. The summed E-state index contributed by atoms with van der Waals surface area (Å²) in [4.78, 5) is 32.5. The van der Waals surface area contributed by atoms with Crippen LogP contribution in [-0.2, 0) is 21.4 Å². The maximum Gasteiger partial charge on any atom is 0.251 e. The summed E-state index contributed by atoms with van der Waals surface area (Å²) in [5.41, 5.74) is 5.52. The molecular weight excluding hydrogens is 524 g/mol. The van der Waals surface area contributed by atoms with Gasteiger partial charge in [0.25, 0.3) is 5.91 Å². The van der Waals surface area contributed by atoms with Gasteiger partial charge in [-0.05, 0) is 81.3 Å². The third kappa shape index (κ3) is 5.25. The molecule has 3 N–H and O–H groups in total. The van der Waals surface area contributed by atoms with Gasteiger partial charge < -0.3 is 25.4 Å². The van der Waals surface area contributed by atoms with Gasteiger partial charge in [-0.25, -0.2) is 4.98 Å². The van der Waals surface area contributed by atoms with E-state index in [1.165, 1.54) is 16.9 Å². The number of aromatic nitrogens is 1. The van der Waals surface area contributed by atoms with E-state index in [0.29, 0.717) is 10.7 Å². The summed E-state index contributed by atoms with van der Waals surface area (Å²) in [7, 11) is 0. The third-order valence-electron chi connectivity index (χ3n) is 8.57. The summed E-state index contributed by atoms with van der Waals surface area (Å²) in [6, 6.07) is 14.0. The number of nitrogens with zero attached hydrogens (tertiary/aromatic N) is 2. The summed E-state index contributed by atoms with van der Waals surface area (Å²) < 4.78 is 5.87. The quantitative estimate of drug-likeness (QED) is 0.410. The topological polar surface area (TPSA) is 104 Å². The zero-order valence-corrected chi connectivity index (χ0v) is 23.8. The van der Waals surface area contributed by atoms with Crippen molar-refractivity contribution in [2.75, 3.05) is 29.9 Å². The zero-order chi connectivity index (χ0) is 27.9. The van der Waals surface area contributed by atoms with Gasteiger partial charge in [0.2, 0.25) is 5.91 Å². The second-order valence-corrected chi connectivity index (χ2v) is 12.3. The lowest BCUT2D eigenvalue weighted by Crippen LogP contribution is -2.45. The van der Waals surface area contributed by atoms with Crippen LogP contribution in [0.1, 0.15) is 61.0 Å². The number of nitrogens with one attached hydrogen (secondary N) is 2. The van der Waals surface area contributed by atoms with Gasteiger partial charge >= 0.3 is 0 Å². The summed E-state index contributed by atoms with van der Waals surface area (Å²) in [5, 5.41) is 18.6. The summed E-state index contributed by atoms with van der Waals surface area (Å²) in [6.07, 6.45) is 4.64. The van der Waals surface area contributed by atoms with Crippen LogP contribution in [0.25, 0.3) is 11.3 Å². The molecule has 0 bridgehead atoms. The average Bonchev–Trinajstić information content (AvgIpc) is 3.66. The van der Waals surface area contributed by atoms with Crippen LogP contribution in [0.15, 0.2) is 47.8 Å². The number of carbonyl (C=O) groups excluding carboxylic acids is 2. The fraction of sp³-hybridized carbons (Fsp3) is 0.452. The van der Waals surface area contributed by atoms with Gasteiger partial charge in [0.1, 0.15) is 0 Å². The Kier molecular flexibility index (Phi) is 7.37. The molecule has 2 aliphatic carbocycles. The Balaban J connectivity index is 1.06. The summed E-state index contributed by atoms with van der Waals surface area (Å²) in [6.45, 7) is 5.71. The van der Waals surface area contributed by atoms with E-state index >= 15 is 0 Å². The molecule has 1 saturated heterocycles. The molecule has 9 heteroatoms. The van der Waals surface area contributed by atoms with Gasteiger partial charge in [0.15, 0.2) is 5.13 Å². The van der Waals surface area contributed by atoms with Crippen molar-refractivity contribution in [3.63, 3.8) is 0 Å². The maximum absolute atomic E-state index is 12.9. The number of morpholine rings is 1. The van der Waals surface area contributed by atoms with Gasteiger partial charge in [-0.3, -0.25) is 9.59 Å². The van der Waals surface area contributed by atoms with Crippen molar-refractivity contribution in [1.29, 1.82) is 0 Å². The number of thiazole rings is 1. The number of fused-ring (bicyclic) bond motifs is 2. The van der Waals surface area contributed by atoms with Crippen LogP contribution < -0.4 is 15.5 Å². The minimum Gasteiger partial charge on any atom is -0.392 e. The van der Waals surface area contributed by atoms with Crippen LogP contribution in [0.5, 0.6) is 0 Å². The largest absolute Gasteiger partial charge is 0.392 e. The van der Waals surface area contributed by atoms with Gasteiger partial charge in [0, 0.05) is 40.7 Å². The predicted molar refractivity (Wildman–Crippen MR) is 157 cm³/mol. The highest BCUT2D eigenvalue weighted by atomic mass is 32.1. The van der Waals surface area contributed by atoms with E-state index in [0.717, 1.165) is 67.7 Å². The van der Waals surface area contributed by atoms with Crippen molar-refractivity contribution in [2.24, 2.45) is 0 Å². The van der Waals surface area contributed by atoms with Crippen molar-refractivity contribution in [3.05, 3.63) is 64.5 Å². The summed E-state index contributed by atoms with van der Waals surface area (Å²) >= 11 is 1.36. The Morgan fingerprint density at radius 3 is 2.75 bits per heavy atom. The molecule has 3 aliphatic rings. The number of anilines is 2. The van der Waals surface area contributed by atoms with Crippen LogP contribution >= 0.6 is 11.3 Å². The second kappa shape index (κ2) is 11.0. The molecule has 2 heterocycles. The lowest BCUT2D eigenvalue weighted by molar-refractivity contribution is -0.115. The van der Waals surface area contributed by atoms with Crippen LogP contribution in [0.4, 0.5) is 10.8 Å². The van der Waals surface area contributed by atoms with Crippen LogP contribution in [0.3, 0.4) is 0 Å². The zero-order valence-electron chi connectivity index (χ0n) is 23.0. The first kappa shape index (κ1) is 26.9. The van der Waals surface area contributed by atoms with Crippen molar-refractivity contribution in [1.82, 2.24) is 10.3 Å². The Bertz CT molecular complexity index is 1410. The number of hydrogen-bond donors (Lipinski definition) is 3. The predicted octanol–water partition coefficient (Wildman–Crippen LogP) is 4.52. The number of aliphatic hydroxyl groups is 1. The Hall–Kier alpha value is -3.27. The smallest absolute Gasteiger partial charge is 0.251 e. The number of ether oxygens (including phenoxy) is 1. The minimum absolute atomic E-state index is 0.151. The summed E-state index contributed by atoms with van der Waals surface area (Å²) in [5.74, 6) is -0.626. The molecule has 6 rings (SSSR count). The third-order valence-corrected chi connectivity index (χ3v) is 9.33. The molecule has 2 amide bonds. The van der Waals surface area contributed by atoms with E-state index in [4.69, 9.17) is 4.74 Å². The standard InChI is InChI=1S/C31H36N4O4S/c1-19-16-35(17-20(2)39-19)24-6-3-5-22(13-24)26-18-40-30(33-26)34-28(37)15-32-29(38)23-9-8-21-10-12-31(25(21)14-23)11-4-7-27(31)36/h3,5-6,8-9,13-14,18-20,27,36H,4,7,10-12,15-17H2,1-2H3,(H,32,38)(H,33,34,37)/t19-,20+,27-,31+/m1/s1. The number of aryl methyl sites for hydroxylation is 1. The first-order chi connectivity index (χ1) is 19.3. The van der Waals surface area contributed by atoms with Crippen molar-refractivity contribution in [2.45, 2.75) is 69.7 Å². The number of rotatable bonds is 6. The Morgan fingerprint density at radius 2 is 1.98 bits per heavy atom. The molecule has 1 saturated carbocycles. The maximum atomic E-state index is 12.9. The highest BCUT2D eigenvalue weighted by Crippen LogP contribution is 2.50. The van der Waals surface area contributed by atoms with E-state index < -0.39 is 0 Å². The number of benzene rings is 2.